The van der Waals surface area contributed by atoms with E-state index in [9.17, 15) is 24.5 Å². The molecule has 2 rings (SSSR count). The Balaban J connectivity index is 2.11. The summed E-state index contributed by atoms with van der Waals surface area (Å²) in [4.78, 5) is 48.3. The summed E-state index contributed by atoms with van der Waals surface area (Å²) in [5, 5.41) is 13.8. The zero-order valence-electron chi connectivity index (χ0n) is 16.5. The van der Waals surface area contributed by atoms with Gasteiger partial charge in [0.15, 0.2) is 11.9 Å². The molecule has 0 fully saturated rings. The van der Waals surface area contributed by atoms with Crippen LogP contribution in [0.3, 0.4) is 0 Å². The van der Waals surface area contributed by atoms with Crippen molar-refractivity contribution >= 4 is 34.7 Å². The molecule has 1 amide bonds. The average molecular weight is 399 g/mol. The number of anilines is 2. The van der Waals surface area contributed by atoms with Gasteiger partial charge in [0, 0.05) is 31.4 Å². The number of ketones is 1. The molecule has 29 heavy (non-hydrogen) atoms. The van der Waals surface area contributed by atoms with Crippen molar-refractivity contribution in [1.82, 2.24) is 0 Å². The Morgan fingerprint density at radius 2 is 1.79 bits per heavy atom. The predicted molar refractivity (Wildman–Crippen MR) is 107 cm³/mol. The predicted octanol–water partition coefficient (Wildman–Crippen LogP) is 3.05. The first-order valence-corrected chi connectivity index (χ1v) is 8.68. The third kappa shape index (κ3) is 5.38. The van der Waals surface area contributed by atoms with Gasteiger partial charge in [-0.3, -0.25) is 19.7 Å². The molecule has 9 heteroatoms. The van der Waals surface area contributed by atoms with E-state index in [1.807, 2.05) is 0 Å². The molecule has 0 saturated carbocycles. The lowest BCUT2D eigenvalue weighted by molar-refractivity contribution is -0.384. The Labute approximate surface area is 167 Å². The van der Waals surface area contributed by atoms with Gasteiger partial charge in [0.1, 0.15) is 5.69 Å². The van der Waals surface area contributed by atoms with E-state index in [2.05, 4.69) is 5.32 Å². The molecule has 0 aliphatic heterocycles. The van der Waals surface area contributed by atoms with Gasteiger partial charge in [-0.25, -0.2) is 4.79 Å². The molecule has 1 atom stereocenters. The summed E-state index contributed by atoms with van der Waals surface area (Å²) in [6.07, 6.45) is -1.16. The highest BCUT2D eigenvalue weighted by molar-refractivity contribution is 5.99. The number of nitrogens with zero attached hydrogens (tertiary/aromatic N) is 2. The van der Waals surface area contributed by atoms with Crippen LogP contribution in [-0.2, 0) is 9.53 Å². The number of Topliss-reactive ketones (excluding diaryl/α,β-unsaturated/α-hetero) is 1. The Bertz CT molecular complexity index is 970. The standard InChI is InChI=1S/C20H21N3O6/c1-12(24)14-6-5-7-16(10-14)21-19(25)13(2)29-20(26)15-8-9-17(22(3)4)18(11-15)23(27)28/h5-11,13H,1-4H3,(H,21,25)/t13-/m1/s1. The summed E-state index contributed by atoms with van der Waals surface area (Å²) in [7, 11) is 3.29. The van der Waals surface area contributed by atoms with Crippen molar-refractivity contribution in [2.75, 3.05) is 24.3 Å². The number of benzene rings is 2. The van der Waals surface area contributed by atoms with Crippen LogP contribution in [0.25, 0.3) is 0 Å². The number of carbonyl (C=O) groups is 3. The highest BCUT2D eigenvalue weighted by atomic mass is 16.6. The van der Waals surface area contributed by atoms with E-state index in [4.69, 9.17) is 4.74 Å². The fourth-order valence-corrected chi connectivity index (χ4v) is 2.52. The van der Waals surface area contributed by atoms with Crippen molar-refractivity contribution in [2.24, 2.45) is 0 Å². The van der Waals surface area contributed by atoms with E-state index in [1.54, 1.807) is 37.2 Å². The number of rotatable bonds is 7. The van der Waals surface area contributed by atoms with Crippen molar-refractivity contribution in [3.63, 3.8) is 0 Å². The first kappa shape index (κ1) is 21.5. The molecule has 0 aliphatic rings. The molecule has 0 spiro atoms. The van der Waals surface area contributed by atoms with Gasteiger partial charge in [-0.2, -0.15) is 0 Å². The smallest absolute Gasteiger partial charge is 0.339 e. The van der Waals surface area contributed by atoms with Gasteiger partial charge in [0.2, 0.25) is 0 Å². The average Bonchev–Trinajstić information content (AvgIpc) is 2.67. The number of nitro groups is 1. The van der Waals surface area contributed by atoms with Crippen LogP contribution in [0, 0.1) is 10.1 Å². The second-order valence-electron chi connectivity index (χ2n) is 6.53. The van der Waals surface area contributed by atoms with Crippen LogP contribution >= 0.6 is 0 Å². The fraction of sp³-hybridized carbons (Fsp3) is 0.250. The molecular formula is C20H21N3O6. The molecule has 1 N–H and O–H groups in total. The van der Waals surface area contributed by atoms with Gasteiger partial charge in [-0.15, -0.1) is 0 Å². The Morgan fingerprint density at radius 1 is 1.10 bits per heavy atom. The molecule has 0 radical (unpaired) electrons. The molecule has 152 valence electrons. The molecule has 9 nitrogen and oxygen atoms in total. The third-order valence-corrected chi connectivity index (χ3v) is 4.08. The maximum atomic E-state index is 12.3. The molecule has 0 heterocycles. The van der Waals surface area contributed by atoms with E-state index in [1.165, 1.54) is 32.0 Å². The number of hydrogen-bond acceptors (Lipinski definition) is 7. The number of ether oxygens (including phenoxy) is 1. The second kappa shape index (κ2) is 8.96. The molecule has 2 aromatic rings. The van der Waals surface area contributed by atoms with E-state index in [0.29, 0.717) is 16.9 Å². The van der Waals surface area contributed by atoms with Crippen LogP contribution in [0.4, 0.5) is 17.1 Å². The van der Waals surface area contributed by atoms with Gasteiger partial charge < -0.3 is 15.0 Å². The Kier molecular flexibility index (Phi) is 6.66. The lowest BCUT2D eigenvalue weighted by atomic mass is 10.1. The van der Waals surface area contributed by atoms with Gasteiger partial charge in [-0.05, 0) is 38.1 Å². The minimum Gasteiger partial charge on any atom is -0.449 e. The summed E-state index contributed by atoms with van der Waals surface area (Å²) < 4.78 is 5.13. The van der Waals surface area contributed by atoms with E-state index in [0.717, 1.165) is 6.07 Å². The van der Waals surface area contributed by atoms with E-state index < -0.39 is 22.9 Å². The first-order chi connectivity index (χ1) is 13.6. The number of amides is 1. The SMILES string of the molecule is CC(=O)c1cccc(NC(=O)[C@@H](C)OC(=O)c2ccc(N(C)C)c([N+](=O)[O-])c2)c1. The summed E-state index contributed by atoms with van der Waals surface area (Å²) in [6.45, 7) is 2.79. The quantitative estimate of drug-likeness (QED) is 0.329. The van der Waals surface area contributed by atoms with Crippen LogP contribution in [0.5, 0.6) is 0 Å². The minimum absolute atomic E-state index is 0.0412. The maximum Gasteiger partial charge on any atom is 0.339 e. The fourth-order valence-electron chi connectivity index (χ4n) is 2.52. The van der Waals surface area contributed by atoms with Crippen LogP contribution < -0.4 is 10.2 Å². The van der Waals surface area contributed by atoms with Gasteiger partial charge in [0.05, 0.1) is 10.5 Å². The summed E-state index contributed by atoms with van der Waals surface area (Å²) in [6, 6.07) is 10.3. The van der Waals surface area contributed by atoms with Crippen molar-refractivity contribution in [2.45, 2.75) is 20.0 Å². The molecule has 0 bridgehead atoms. The normalized spacial score (nSPS) is 11.3. The van der Waals surface area contributed by atoms with Crippen molar-refractivity contribution in [3.8, 4) is 0 Å². The highest BCUT2D eigenvalue weighted by Crippen LogP contribution is 2.28. The molecular weight excluding hydrogens is 378 g/mol. The topological polar surface area (TPSA) is 119 Å². The van der Waals surface area contributed by atoms with Crippen molar-refractivity contribution in [3.05, 3.63) is 63.7 Å². The van der Waals surface area contributed by atoms with Gasteiger partial charge >= 0.3 is 5.97 Å². The number of esters is 1. The summed E-state index contributed by atoms with van der Waals surface area (Å²) >= 11 is 0. The molecule has 0 unspecified atom stereocenters. The second-order valence-corrected chi connectivity index (χ2v) is 6.53. The number of nitro benzene ring substituents is 1. The first-order valence-electron chi connectivity index (χ1n) is 8.68. The number of carbonyl (C=O) groups excluding carboxylic acids is 3. The molecule has 2 aromatic carbocycles. The minimum atomic E-state index is -1.16. The zero-order chi connectivity index (χ0) is 21.7. The van der Waals surface area contributed by atoms with Gasteiger partial charge in [0.25, 0.3) is 11.6 Å². The largest absolute Gasteiger partial charge is 0.449 e. The lowest BCUT2D eigenvalue weighted by Gasteiger charge is -2.15. The monoisotopic (exact) mass is 399 g/mol. The summed E-state index contributed by atoms with van der Waals surface area (Å²) in [5.74, 6) is -1.61. The Hall–Kier alpha value is -3.75. The van der Waals surface area contributed by atoms with Crippen LogP contribution in [0.15, 0.2) is 42.5 Å². The maximum absolute atomic E-state index is 12.3. The molecule has 0 aromatic heterocycles. The van der Waals surface area contributed by atoms with Crippen LogP contribution in [0.2, 0.25) is 0 Å². The van der Waals surface area contributed by atoms with E-state index in [-0.39, 0.29) is 17.0 Å². The molecule has 0 aliphatic carbocycles. The van der Waals surface area contributed by atoms with Crippen LogP contribution in [-0.4, -0.2) is 42.8 Å². The van der Waals surface area contributed by atoms with Gasteiger partial charge in [-0.1, -0.05) is 12.1 Å². The summed E-state index contributed by atoms with van der Waals surface area (Å²) in [5.41, 5.74) is 0.864. The highest BCUT2D eigenvalue weighted by Gasteiger charge is 2.23. The third-order valence-electron chi connectivity index (χ3n) is 4.08. The Morgan fingerprint density at radius 3 is 2.38 bits per heavy atom. The number of hydrogen-bond donors (Lipinski definition) is 1. The van der Waals surface area contributed by atoms with Crippen LogP contribution in [0.1, 0.15) is 34.6 Å². The zero-order valence-corrected chi connectivity index (χ0v) is 16.5. The number of nitrogens with one attached hydrogen (secondary N) is 1. The van der Waals surface area contributed by atoms with Crippen molar-refractivity contribution in [1.29, 1.82) is 0 Å². The van der Waals surface area contributed by atoms with Crippen molar-refractivity contribution < 1.29 is 24.0 Å². The van der Waals surface area contributed by atoms with E-state index >= 15 is 0 Å². The molecule has 0 saturated heterocycles. The lowest BCUT2D eigenvalue weighted by Crippen LogP contribution is -2.30.